The lowest BCUT2D eigenvalue weighted by Crippen LogP contribution is -2.41. The second-order valence-electron chi connectivity index (χ2n) is 4.61. The van der Waals surface area contributed by atoms with Crippen LogP contribution >= 0.6 is 23.5 Å². The Morgan fingerprint density at radius 2 is 2.00 bits per heavy atom. The highest BCUT2D eigenvalue weighted by molar-refractivity contribution is 8.00. The van der Waals surface area contributed by atoms with Crippen LogP contribution in [-0.2, 0) is 4.74 Å². The van der Waals surface area contributed by atoms with Crippen molar-refractivity contribution in [2.45, 2.75) is 24.5 Å². The van der Waals surface area contributed by atoms with Crippen molar-refractivity contribution in [3.8, 4) is 0 Å². The SMILES string of the molecule is CCNC(=NCC1(SC)CCOCC1)NCCSC. The van der Waals surface area contributed by atoms with Gasteiger partial charge in [-0.2, -0.15) is 23.5 Å². The molecule has 0 radical (unpaired) electrons. The van der Waals surface area contributed by atoms with Crippen LogP contribution in [-0.4, -0.2) is 61.8 Å². The maximum absolute atomic E-state index is 5.46. The maximum Gasteiger partial charge on any atom is 0.191 e. The Balaban J connectivity index is 2.51. The Morgan fingerprint density at radius 1 is 1.26 bits per heavy atom. The molecule has 2 N–H and O–H groups in total. The molecule has 1 heterocycles. The van der Waals surface area contributed by atoms with Crippen LogP contribution in [0.4, 0.5) is 0 Å². The molecule has 19 heavy (non-hydrogen) atoms. The summed E-state index contributed by atoms with van der Waals surface area (Å²) < 4.78 is 5.73. The predicted octanol–water partition coefficient (Wildman–Crippen LogP) is 1.82. The third kappa shape index (κ3) is 6.27. The third-order valence-electron chi connectivity index (χ3n) is 3.31. The highest BCUT2D eigenvalue weighted by Gasteiger charge is 2.31. The van der Waals surface area contributed by atoms with Gasteiger partial charge in [-0.15, -0.1) is 0 Å². The van der Waals surface area contributed by atoms with Gasteiger partial charge >= 0.3 is 0 Å². The summed E-state index contributed by atoms with van der Waals surface area (Å²) in [4.78, 5) is 4.76. The second kappa shape index (κ2) is 9.77. The Kier molecular flexibility index (Phi) is 8.74. The Hall–Kier alpha value is -0.0700. The lowest BCUT2D eigenvalue weighted by Gasteiger charge is -2.34. The highest BCUT2D eigenvalue weighted by Crippen LogP contribution is 2.33. The van der Waals surface area contributed by atoms with E-state index in [2.05, 4.69) is 30.1 Å². The largest absolute Gasteiger partial charge is 0.381 e. The number of guanidine groups is 1. The Bertz CT molecular complexity index is 269. The molecule has 0 amide bonds. The molecular formula is C13H27N3OS2. The lowest BCUT2D eigenvalue weighted by molar-refractivity contribution is 0.0794. The zero-order chi connectivity index (χ0) is 14.0. The number of rotatable bonds is 7. The van der Waals surface area contributed by atoms with Crippen molar-refractivity contribution in [2.24, 2.45) is 4.99 Å². The van der Waals surface area contributed by atoms with E-state index in [1.807, 2.05) is 23.5 Å². The van der Waals surface area contributed by atoms with Crippen molar-refractivity contribution in [2.75, 3.05) is 51.1 Å². The fraction of sp³-hybridized carbons (Fsp3) is 0.923. The first kappa shape index (κ1) is 17.0. The molecule has 0 aromatic carbocycles. The van der Waals surface area contributed by atoms with Crippen LogP contribution in [0.5, 0.6) is 0 Å². The monoisotopic (exact) mass is 305 g/mol. The summed E-state index contributed by atoms with van der Waals surface area (Å²) in [6, 6.07) is 0. The average Bonchev–Trinajstić information content (AvgIpc) is 2.46. The molecule has 6 heteroatoms. The second-order valence-corrected chi connectivity index (χ2v) is 6.87. The third-order valence-corrected chi connectivity index (χ3v) is 5.32. The van der Waals surface area contributed by atoms with E-state index in [1.54, 1.807) is 0 Å². The minimum absolute atomic E-state index is 0.264. The summed E-state index contributed by atoms with van der Waals surface area (Å²) in [6.45, 7) is 6.57. The van der Waals surface area contributed by atoms with Crippen LogP contribution < -0.4 is 10.6 Å². The topological polar surface area (TPSA) is 45.7 Å². The number of thioether (sulfide) groups is 2. The normalized spacial score (nSPS) is 19.2. The molecule has 0 saturated carbocycles. The van der Waals surface area contributed by atoms with Gasteiger partial charge in [0.05, 0.1) is 6.54 Å². The van der Waals surface area contributed by atoms with Gasteiger partial charge in [0.15, 0.2) is 5.96 Å². The summed E-state index contributed by atoms with van der Waals surface area (Å²) in [5.74, 6) is 2.04. The summed E-state index contributed by atoms with van der Waals surface area (Å²) in [7, 11) is 0. The first-order valence-corrected chi connectivity index (χ1v) is 9.52. The van der Waals surface area contributed by atoms with E-state index in [0.717, 1.165) is 57.4 Å². The van der Waals surface area contributed by atoms with Crippen molar-refractivity contribution in [3.63, 3.8) is 0 Å². The van der Waals surface area contributed by atoms with E-state index in [1.165, 1.54) is 0 Å². The molecule has 1 rings (SSSR count). The van der Waals surface area contributed by atoms with Crippen LogP contribution in [0.25, 0.3) is 0 Å². The first-order chi connectivity index (χ1) is 9.26. The fourth-order valence-corrected chi connectivity index (χ4v) is 3.08. The van der Waals surface area contributed by atoms with Gasteiger partial charge in [-0.3, -0.25) is 4.99 Å². The van der Waals surface area contributed by atoms with E-state index in [-0.39, 0.29) is 4.75 Å². The van der Waals surface area contributed by atoms with Crippen molar-refractivity contribution in [1.29, 1.82) is 0 Å². The van der Waals surface area contributed by atoms with Crippen molar-refractivity contribution < 1.29 is 4.74 Å². The average molecular weight is 306 g/mol. The van der Waals surface area contributed by atoms with Gasteiger partial charge in [0.1, 0.15) is 0 Å². The molecule has 112 valence electrons. The number of hydrogen-bond acceptors (Lipinski definition) is 4. The van der Waals surface area contributed by atoms with Gasteiger partial charge < -0.3 is 15.4 Å². The fourth-order valence-electron chi connectivity index (χ4n) is 2.01. The van der Waals surface area contributed by atoms with E-state index in [0.29, 0.717) is 0 Å². The zero-order valence-corrected chi connectivity index (χ0v) is 14.0. The molecule has 0 aliphatic carbocycles. The number of ether oxygens (including phenoxy) is 1. The molecule has 0 aromatic heterocycles. The molecule has 1 saturated heterocycles. The molecule has 1 aliphatic heterocycles. The molecule has 0 aromatic rings. The number of nitrogens with zero attached hydrogens (tertiary/aromatic N) is 1. The quantitative estimate of drug-likeness (QED) is 0.427. The van der Waals surface area contributed by atoms with Crippen molar-refractivity contribution in [3.05, 3.63) is 0 Å². The number of aliphatic imine (C=N–C) groups is 1. The Labute approximate surface area is 125 Å². The Morgan fingerprint density at radius 3 is 2.58 bits per heavy atom. The highest BCUT2D eigenvalue weighted by atomic mass is 32.2. The van der Waals surface area contributed by atoms with Crippen LogP contribution in [0.1, 0.15) is 19.8 Å². The molecule has 1 fully saturated rings. The van der Waals surface area contributed by atoms with Crippen LogP contribution in [0, 0.1) is 0 Å². The summed E-state index contributed by atoms with van der Waals surface area (Å²) >= 11 is 3.78. The minimum Gasteiger partial charge on any atom is -0.381 e. The van der Waals surface area contributed by atoms with E-state index < -0.39 is 0 Å². The van der Waals surface area contributed by atoms with Gasteiger partial charge in [-0.05, 0) is 32.3 Å². The molecule has 0 unspecified atom stereocenters. The molecule has 0 bridgehead atoms. The molecule has 4 nitrogen and oxygen atoms in total. The van der Waals surface area contributed by atoms with E-state index in [4.69, 9.17) is 9.73 Å². The summed E-state index contributed by atoms with van der Waals surface area (Å²) in [6.07, 6.45) is 6.51. The van der Waals surface area contributed by atoms with Gasteiger partial charge in [0.2, 0.25) is 0 Å². The van der Waals surface area contributed by atoms with Crippen molar-refractivity contribution >= 4 is 29.5 Å². The van der Waals surface area contributed by atoms with Gasteiger partial charge in [0, 0.05) is 36.8 Å². The summed E-state index contributed by atoms with van der Waals surface area (Å²) in [5.41, 5.74) is 0. The van der Waals surface area contributed by atoms with Crippen molar-refractivity contribution in [1.82, 2.24) is 10.6 Å². The summed E-state index contributed by atoms with van der Waals surface area (Å²) in [5, 5.41) is 6.69. The van der Waals surface area contributed by atoms with Crippen LogP contribution in [0.2, 0.25) is 0 Å². The van der Waals surface area contributed by atoms with E-state index >= 15 is 0 Å². The van der Waals surface area contributed by atoms with Gasteiger partial charge in [0.25, 0.3) is 0 Å². The predicted molar refractivity (Wildman–Crippen MR) is 88.7 cm³/mol. The van der Waals surface area contributed by atoms with Crippen LogP contribution in [0.3, 0.4) is 0 Å². The minimum atomic E-state index is 0.264. The molecule has 1 aliphatic rings. The van der Waals surface area contributed by atoms with Gasteiger partial charge in [-0.1, -0.05) is 0 Å². The molecule has 0 spiro atoms. The smallest absolute Gasteiger partial charge is 0.191 e. The van der Waals surface area contributed by atoms with E-state index in [9.17, 15) is 0 Å². The molecular weight excluding hydrogens is 278 g/mol. The number of nitrogens with one attached hydrogen (secondary N) is 2. The molecule has 0 atom stereocenters. The van der Waals surface area contributed by atoms with Gasteiger partial charge in [-0.25, -0.2) is 0 Å². The first-order valence-electron chi connectivity index (χ1n) is 6.90. The van der Waals surface area contributed by atoms with Crippen LogP contribution in [0.15, 0.2) is 4.99 Å². The lowest BCUT2D eigenvalue weighted by atomic mass is 9.99. The maximum atomic E-state index is 5.46. The standard InChI is InChI=1S/C13H27N3OS2/c1-4-14-12(15-7-10-18-2)16-11-13(19-3)5-8-17-9-6-13/h4-11H2,1-3H3,(H2,14,15,16). The number of hydrogen-bond donors (Lipinski definition) is 2. The zero-order valence-electron chi connectivity index (χ0n) is 12.3.